The lowest BCUT2D eigenvalue weighted by Crippen LogP contribution is -2.51. The Labute approximate surface area is 283 Å². The van der Waals surface area contributed by atoms with Gasteiger partial charge in [-0.1, -0.05) is 60.7 Å². The summed E-state index contributed by atoms with van der Waals surface area (Å²) in [7, 11) is 0. The molecule has 0 bridgehead atoms. The van der Waals surface area contributed by atoms with Gasteiger partial charge in [-0.25, -0.2) is 4.98 Å². The predicted molar refractivity (Wildman–Crippen MR) is 185 cm³/mol. The summed E-state index contributed by atoms with van der Waals surface area (Å²) in [6, 6.07) is 33.6. The van der Waals surface area contributed by atoms with Crippen LogP contribution in [0.3, 0.4) is 0 Å². The van der Waals surface area contributed by atoms with Gasteiger partial charge in [0.15, 0.2) is 5.76 Å². The maximum absolute atomic E-state index is 12.8. The number of anilines is 2. The van der Waals surface area contributed by atoms with Crippen LogP contribution in [0.25, 0.3) is 22.8 Å². The van der Waals surface area contributed by atoms with Gasteiger partial charge in [-0.15, -0.1) is 0 Å². The van der Waals surface area contributed by atoms with Gasteiger partial charge in [0.05, 0.1) is 19.0 Å². The fraction of sp³-hybridized carbons (Fsp3) is 0.205. The molecule has 10 nitrogen and oxygen atoms in total. The molecular formula is C39H35N5O5. The van der Waals surface area contributed by atoms with Crippen molar-refractivity contribution in [1.29, 1.82) is 0 Å². The summed E-state index contributed by atoms with van der Waals surface area (Å²) in [4.78, 5) is 57.6. The van der Waals surface area contributed by atoms with E-state index in [0.29, 0.717) is 48.7 Å². The zero-order valence-corrected chi connectivity index (χ0v) is 26.7. The molecule has 4 amide bonds. The summed E-state index contributed by atoms with van der Waals surface area (Å²) in [5, 5.41) is 6.12. The monoisotopic (exact) mass is 653 g/mol. The van der Waals surface area contributed by atoms with E-state index in [1.54, 1.807) is 16.0 Å². The fourth-order valence-electron chi connectivity index (χ4n) is 6.17. The van der Waals surface area contributed by atoms with Gasteiger partial charge in [0.2, 0.25) is 30.5 Å². The summed E-state index contributed by atoms with van der Waals surface area (Å²) in [6.07, 6.45) is 6.33. The van der Waals surface area contributed by atoms with Crippen molar-refractivity contribution in [3.63, 3.8) is 0 Å². The molecule has 5 aromatic rings. The van der Waals surface area contributed by atoms with Crippen LogP contribution in [0, 0.1) is 0 Å². The third-order valence-electron chi connectivity index (χ3n) is 9.07. The van der Waals surface area contributed by atoms with E-state index in [1.165, 1.54) is 0 Å². The molecule has 1 heterocycles. The fourth-order valence-corrected chi connectivity index (χ4v) is 6.17. The van der Waals surface area contributed by atoms with Gasteiger partial charge < -0.3 is 15.1 Å². The highest BCUT2D eigenvalue weighted by atomic mass is 16.4. The summed E-state index contributed by atoms with van der Waals surface area (Å²) in [5.41, 5.74) is 3.18. The normalized spacial score (nSPS) is 15.0. The van der Waals surface area contributed by atoms with Crippen LogP contribution in [-0.2, 0) is 32.0 Å². The smallest absolute Gasteiger partial charge is 0.226 e. The van der Waals surface area contributed by atoms with Crippen molar-refractivity contribution in [2.24, 2.45) is 0 Å². The number of hydrogen-bond acceptors (Lipinski definition) is 6. The van der Waals surface area contributed by atoms with E-state index in [0.717, 1.165) is 35.1 Å². The number of amides is 4. The van der Waals surface area contributed by atoms with Gasteiger partial charge in [-0.2, -0.15) is 0 Å². The minimum absolute atomic E-state index is 0.133. The molecule has 2 saturated carbocycles. The Morgan fingerprint density at radius 2 is 1.06 bits per heavy atom. The first-order chi connectivity index (χ1) is 23.9. The topological polar surface area (TPSA) is 125 Å². The molecule has 4 aromatic carbocycles. The first-order valence-electron chi connectivity index (χ1n) is 16.3. The zero-order chi connectivity index (χ0) is 33.8. The van der Waals surface area contributed by atoms with E-state index in [-0.39, 0.29) is 24.7 Å². The van der Waals surface area contributed by atoms with Gasteiger partial charge >= 0.3 is 0 Å². The Bertz CT molecular complexity index is 1810. The van der Waals surface area contributed by atoms with E-state index in [2.05, 4.69) is 15.6 Å². The Morgan fingerprint density at radius 1 is 0.633 bits per heavy atom. The number of aromatic nitrogens is 1. The summed E-state index contributed by atoms with van der Waals surface area (Å²) >= 11 is 0. The molecule has 1 aromatic heterocycles. The second-order valence-corrected chi connectivity index (χ2v) is 12.6. The third kappa shape index (κ3) is 6.85. The molecule has 49 heavy (non-hydrogen) atoms. The van der Waals surface area contributed by atoms with Gasteiger partial charge in [-0.05, 0) is 85.3 Å². The predicted octanol–water partition coefficient (Wildman–Crippen LogP) is 5.63. The minimum atomic E-state index is -0.732. The second-order valence-electron chi connectivity index (χ2n) is 12.6. The lowest BCUT2D eigenvalue weighted by atomic mass is 10.1. The van der Waals surface area contributed by atoms with E-state index in [9.17, 15) is 19.2 Å². The molecule has 246 valence electrons. The van der Waals surface area contributed by atoms with Crippen LogP contribution in [-0.4, -0.2) is 40.9 Å². The van der Waals surface area contributed by atoms with E-state index >= 15 is 0 Å². The van der Waals surface area contributed by atoms with Gasteiger partial charge in [0.1, 0.15) is 11.3 Å². The minimum Gasteiger partial charge on any atom is -0.436 e. The molecule has 2 N–H and O–H groups in total. The number of rotatable bonds is 14. The summed E-state index contributed by atoms with van der Waals surface area (Å²) in [5.74, 6) is 0.691. The van der Waals surface area contributed by atoms with E-state index in [4.69, 9.17) is 4.42 Å². The number of hydrogen-bond donors (Lipinski definition) is 2. The van der Waals surface area contributed by atoms with Crippen LogP contribution in [0.1, 0.15) is 36.8 Å². The lowest BCUT2D eigenvalue weighted by Gasteiger charge is -2.29. The second kappa shape index (κ2) is 13.2. The molecule has 0 atom stereocenters. The van der Waals surface area contributed by atoms with Crippen LogP contribution >= 0.6 is 0 Å². The molecule has 0 aliphatic heterocycles. The van der Waals surface area contributed by atoms with Gasteiger partial charge in [0, 0.05) is 22.5 Å². The average molecular weight is 654 g/mol. The Hall–Kier alpha value is -6.03. The van der Waals surface area contributed by atoms with Crippen LogP contribution in [0.15, 0.2) is 120 Å². The molecule has 2 aliphatic rings. The number of benzene rings is 4. The van der Waals surface area contributed by atoms with Crippen LogP contribution in [0.2, 0.25) is 0 Å². The van der Waals surface area contributed by atoms with Crippen LogP contribution in [0.5, 0.6) is 0 Å². The first-order valence-corrected chi connectivity index (χ1v) is 16.3. The van der Waals surface area contributed by atoms with Crippen LogP contribution in [0.4, 0.5) is 11.4 Å². The van der Waals surface area contributed by atoms with Crippen LogP contribution < -0.4 is 20.4 Å². The first kappa shape index (κ1) is 31.6. The quantitative estimate of drug-likeness (QED) is 0.118. The van der Waals surface area contributed by atoms with Crippen molar-refractivity contribution in [1.82, 2.24) is 15.6 Å². The number of nitrogens with zero attached hydrogens (tertiary/aromatic N) is 3. The lowest BCUT2D eigenvalue weighted by molar-refractivity contribution is -0.122. The Morgan fingerprint density at radius 3 is 1.47 bits per heavy atom. The van der Waals surface area contributed by atoms with Crippen molar-refractivity contribution in [3.8, 4) is 22.8 Å². The molecule has 0 radical (unpaired) electrons. The SMILES string of the molecule is O=CN(c1ccc(-c2cnc(-c3ccc(N(C=O)C4(NC(=O)Cc5ccccc5)CC4)cc3)o2)cc1)C1(NC(=O)Cc2ccccc2)CC1. The highest BCUT2D eigenvalue weighted by molar-refractivity contribution is 5.86. The molecule has 0 spiro atoms. The largest absolute Gasteiger partial charge is 0.436 e. The molecule has 2 aliphatic carbocycles. The highest BCUT2D eigenvalue weighted by Gasteiger charge is 2.50. The maximum atomic E-state index is 12.8. The van der Waals surface area contributed by atoms with Gasteiger partial charge in [-0.3, -0.25) is 29.0 Å². The number of carbonyl (C=O) groups excluding carboxylic acids is 4. The summed E-state index contributed by atoms with van der Waals surface area (Å²) in [6.45, 7) is 0. The summed E-state index contributed by atoms with van der Waals surface area (Å²) < 4.78 is 6.10. The van der Waals surface area contributed by atoms with Crippen molar-refractivity contribution in [3.05, 3.63) is 127 Å². The van der Waals surface area contributed by atoms with E-state index < -0.39 is 11.3 Å². The number of oxazole rings is 1. The molecule has 7 rings (SSSR count). The Kier molecular flexibility index (Phi) is 8.52. The molecular weight excluding hydrogens is 618 g/mol. The Balaban J connectivity index is 0.995. The number of nitrogens with one attached hydrogen (secondary N) is 2. The zero-order valence-electron chi connectivity index (χ0n) is 26.7. The van der Waals surface area contributed by atoms with E-state index in [1.807, 2.05) is 109 Å². The standard InChI is InChI=1S/C39H35N5O5/c45-26-43(38(19-20-38)41-35(47)23-28-7-3-1-4-8-28)32-15-11-30(12-16-32)34-25-40-37(49-34)31-13-17-33(18-14-31)44(27-46)39(21-22-39)42-36(48)24-29-9-5-2-6-10-29/h1-18,25-27H,19-24H2,(H,41,47)(H,42,48). The van der Waals surface area contributed by atoms with Crippen molar-refractivity contribution < 1.29 is 23.6 Å². The molecule has 2 fully saturated rings. The third-order valence-corrected chi connectivity index (χ3v) is 9.07. The maximum Gasteiger partial charge on any atom is 0.226 e. The number of carbonyl (C=O) groups is 4. The average Bonchev–Trinajstić information content (AvgIpc) is 4.02. The van der Waals surface area contributed by atoms with Crippen molar-refractivity contribution in [2.45, 2.75) is 49.9 Å². The van der Waals surface area contributed by atoms with Gasteiger partial charge in [0.25, 0.3) is 0 Å². The molecule has 0 unspecified atom stereocenters. The van der Waals surface area contributed by atoms with Crippen molar-refractivity contribution in [2.75, 3.05) is 9.80 Å². The van der Waals surface area contributed by atoms with Crippen molar-refractivity contribution >= 4 is 36.0 Å². The molecule has 0 saturated heterocycles. The molecule has 10 heteroatoms. The highest BCUT2D eigenvalue weighted by Crippen LogP contribution is 2.43.